The normalized spacial score (nSPS) is 15.0. The van der Waals surface area contributed by atoms with E-state index in [0.29, 0.717) is 40.8 Å². The Morgan fingerprint density at radius 2 is 1.67 bits per heavy atom. The highest BCUT2D eigenvalue weighted by atomic mass is 15.3. The number of nitriles is 2. The summed E-state index contributed by atoms with van der Waals surface area (Å²) in [4.78, 5) is 24.4. The number of hydrogen-bond acceptors (Lipinski definition) is 11. The third kappa shape index (κ3) is 7.29. The van der Waals surface area contributed by atoms with E-state index in [1.807, 2.05) is 48.5 Å². The summed E-state index contributed by atoms with van der Waals surface area (Å²) in [5.41, 5.74) is 5.81. The number of aryl methyl sites for hydroxylation is 1. The Kier molecular flexibility index (Phi) is 9.96. The minimum Gasteiger partial charge on any atom is -0.354 e. The molecule has 1 aliphatic heterocycles. The van der Waals surface area contributed by atoms with E-state index in [1.54, 1.807) is 24.5 Å². The van der Waals surface area contributed by atoms with Crippen LogP contribution in [0.3, 0.4) is 0 Å². The summed E-state index contributed by atoms with van der Waals surface area (Å²) in [6.45, 7) is 10.7. The number of nitrogens with one attached hydrogen (secondary N) is 3. The lowest BCUT2D eigenvalue weighted by molar-refractivity contribution is 0.684. The molecule has 248 valence electrons. The minimum absolute atomic E-state index is 0.473. The number of para-hydroxylation sites is 4. The first kappa shape index (κ1) is 32.9. The summed E-state index contributed by atoms with van der Waals surface area (Å²) < 4.78 is 2.08. The predicted octanol–water partition coefficient (Wildman–Crippen LogP) is 6.76. The average Bonchev–Trinajstić information content (AvgIpc) is 3.75. The molecule has 1 saturated carbocycles. The maximum absolute atomic E-state index is 9.79. The van der Waals surface area contributed by atoms with E-state index in [4.69, 9.17) is 4.98 Å². The van der Waals surface area contributed by atoms with Gasteiger partial charge in [0.25, 0.3) is 0 Å². The van der Waals surface area contributed by atoms with Crippen molar-refractivity contribution in [1.82, 2.24) is 29.5 Å². The molecule has 2 aromatic carbocycles. The lowest BCUT2D eigenvalue weighted by Crippen LogP contribution is -2.22. The largest absolute Gasteiger partial charge is 0.354 e. The van der Waals surface area contributed by atoms with Crippen molar-refractivity contribution in [3.05, 3.63) is 96.1 Å². The number of hydrogen-bond donors (Lipinski definition) is 3. The van der Waals surface area contributed by atoms with Crippen LogP contribution in [-0.2, 0) is 6.54 Å². The molecule has 4 heterocycles. The van der Waals surface area contributed by atoms with Gasteiger partial charge < -0.3 is 25.4 Å². The zero-order valence-electron chi connectivity index (χ0n) is 28.2. The Bertz CT molecular complexity index is 2050. The number of allylic oxidation sites excluding steroid dienone is 1. The number of aromatic nitrogens is 6. The highest BCUT2D eigenvalue weighted by Gasteiger charge is 2.27. The quantitative estimate of drug-likeness (QED) is 0.137. The number of benzene rings is 2. The van der Waals surface area contributed by atoms with E-state index >= 15 is 0 Å². The first-order valence-electron chi connectivity index (χ1n) is 16.7. The van der Waals surface area contributed by atoms with E-state index in [9.17, 15) is 10.5 Å². The topological polar surface area (TPSA) is 156 Å². The summed E-state index contributed by atoms with van der Waals surface area (Å²) in [6.07, 6.45) is 5.69. The maximum atomic E-state index is 9.79. The summed E-state index contributed by atoms with van der Waals surface area (Å²) in [5, 5.41) is 29.4. The molecule has 49 heavy (non-hydrogen) atoms. The Hall–Kier alpha value is -6.01. The van der Waals surface area contributed by atoms with Crippen LogP contribution in [0.4, 0.5) is 23.3 Å². The van der Waals surface area contributed by atoms with Crippen LogP contribution in [0.25, 0.3) is 16.6 Å². The summed E-state index contributed by atoms with van der Waals surface area (Å²) in [7, 11) is 0. The van der Waals surface area contributed by atoms with Crippen LogP contribution in [-0.4, -0.2) is 48.6 Å². The number of rotatable bonds is 10. The Balaban J connectivity index is 0.000000170. The summed E-state index contributed by atoms with van der Waals surface area (Å²) in [6, 6.07) is 24.7. The van der Waals surface area contributed by atoms with Crippen molar-refractivity contribution in [2.75, 3.05) is 33.9 Å². The van der Waals surface area contributed by atoms with Crippen LogP contribution >= 0.6 is 0 Å². The highest BCUT2D eigenvalue weighted by molar-refractivity contribution is 5.90. The van der Waals surface area contributed by atoms with Crippen molar-refractivity contribution >= 4 is 39.9 Å². The molecule has 5 aromatic rings. The second-order valence-corrected chi connectivity index (χ2v) is 12.3. The van der Waals surface area contributed by atoms with Crippen molar-refractivity contribution in [1.29, 1.82) is 10.5 Å². The molecule has 0 radical (unpaired) electrons. The van der Waals surface area contributed by atoms with Gasteiger partial charge >= 0.3 is 0 Å². The molecule has 12 nitrogen and oxygen atoms in total. The second-order valence-electron chi connectivity index (χ2n) is 12.3. The molecule has 1 aliphatic carbocycles. The van der Waals surface area contributed by atoms with Gasteiger partial charge in [0, 0.05) is 38.1 Å². The molecule has 7 rings (SSSR count). The molecule has 12 heteroatoms. The number of fused-ring (bicyclic) bond motifs is 2. The number of nitrogens with zero attached hydrogens (tertiary/aromatic N) is 9. The van der Waals surface area contributed by atoms with Gasteiger partial charge in [0.2, 0.25) is 11.9 Å². The Morgan fingerprint density at radius 1 is 0.918 bits per heavy atom. The molecule has 1 fully saturated rings. The van der Waals surface area contributed by atoms with Crippen LogP contribution in [0.5, 0.6) is 0 Å². The van der Waals surface area contributed by atoms with Gasteiger partial charge in [0.15, 0.2) is 0 Å². The predicted molar refractivity (Wildman–Crippen MR) is 193 cm³/mol. The van der Waals surface area contributed by atoms with Crippen LogP contribution < -0.4 is 20.9 Å². The zero-order valence-corrected chi connectivity index (χ0v) is 28.2. The van der Waals surface area contributed by atoms with Gasteiger partial charge in [0.1, 0.15) is 29.2 Å². The first-order chi connectivity index (χ1) is 23.9. The van der Waals surface area contributed by atoms with E-state index in [0.717, 1.165) is 66.5 Å². The van der Waals surface area contributed by atoms with Crippen LogP contribution in [0.2, 0.25) is 0 Å². The molecule has 0 saturated heterocycles. The zero-order chi connectivity index (χ0) is 34.3. The van der Waals surface area contributed by atoms with Gasteiger partial charge in [-0.1, -0.05) is 38.1 Å². The smallest absolute Gasteiger partial charge is 0.223 e. The van der Waals surface area contributed by atoms with Crippen molar-refractivity contribution in [3.63, 3.8) is 0 Å². The Labute approximate surface area is 286 Å². The molecule has 2 aliphatic rings. The molecular formula is C37H40N12. The molecule has 0 spiro atoms. The summed E-state index contributed by atoms with van der Waals surface area (Å²) >= 11 is 0. The molecule has 3 aromatic heterocycles. The lowest BCUT2D eigenvalue weighted by Gasteiger charge is -2.19. The van der Waals surface area contributed by atoms with Crippen LogP contribution in [0.1, 0.15) is 63.7 Å². The number of anilines is 4. The molecular weight excluding hydrogens is 612 g/mol. The molecule has 3 N–H and O–H groups in total. The van der Waals surface area contributed by atoms with Crippen molar-refractivity contribution in [2.45, 2.75) is 59.0 Å². The van der Waals surface area contributed by atoms with Crippen LogP contribution in [0.15, 0.2) is 78.9 Å². The SMILES string of the molecule is CCN1/C(=C(\C#N)c2ccnc(NCC(C)C)n2)Nc2ccccc21.CCn1c(C(C#N)c2ccnc(NC3CC3)n2)nc2ccccc21. The molecule has 0 bridgehead atoms. The number of imidazole rings is 1. The van der Waals surface area contributed by atoms with Crippen molar-refractivity contribution in [3.8, 4) is 12.1 Å². The van der Waals surface area contributed by atoms with E-state index in [-0.39, 0.29) is 0 Å². The molecule has 1 unspecified atom stereocenters. The standard InChI is InChI=1S/C19H22N6.C18H18N6/c1-4-25-17-8-6-5-7-16(17)23-18(25)14(11-20)15-9-10-21-19(24-15)22-12-13(2)3;1-2-24-16-6-4-3-5-15(16)22-17(24)13(11-19)14-9-10-20-18(23-14)21-12-7-8-12/h5-10,13,23H,4,12H2,1-3H3,(H,21,22,24);3-6,9-10,12-13H,2,7-8H2,1H3,(H,20,21,23)/b18-14+;. The van der Waals surface area contributed by atoms with Gasteiger partial charge in [-0.3, -0.25) is 0 Å². The van der Waals surface area contributed by atoms with Gasteiger partial charge in [0.05, 0.1) is 39.9 Å². The van der Waals surface area contributed by atoms with Gasteiger partial charge in [-0.2, -0.15) is 10.5 Å². The first-order valence-corrected chi connectivity index (χ1v) is 16.7. The van der Waals surface area contributed by atoms with Crippen molar-refractivity contribution < 1.29 is 0 Å². The second kappa shape index (κ2) is 14.8. The fourth-order valence-electron chi connectivity index (χ4n) is 5.68. The van der Waals surface area contributed by atoms with E-state index in [1.165, 1.54) is 0 Å². The monoisotopic (exact) mass is 652 g/mol. The van der Waals surface area contributed by atoms with Crippen LogP contribution in [0, 0.1) is 28.6 Å². The third-order valence-electron chi connectivity index (χ3n) is 8.23. The third-order valence-corrected chi connectivity index (χ3v) is 8.23. The van der Waals surface area contributed by atoms with Crippen molar-refractivity contribution in [2.24, 2.45) is 5.92 Å². The van der Waals surface area contributed by atoms with E-state index < -0.39 is 5.92 Å². The fourth-order valence-corrected chi connectivity index (χ4v) is 5.68. The lowest BCUT2D eigenvalue weighted by atomic mass is 10.1. The van der Waals surface area contributed by atoms with Gasteiger partial charge in [-0.15, -0.1) is 0 Å². The fraction of sp³-hybridized carbons (Fsp3) is 0.324. The van der Waals surface area contributed by atoms with Gasteiger partial charge in [-0.05, 0) is 69.0 Å². The average molecular weight is 653 g/mol. The van der Waals surface area contributed by atoms with Gasteiger partial charge in [-0.25, -0.2) is 24.9 Å². The maximum Gasteiger partial charge on any atom is 0.223 e. The highest BCUT2D eigenvalue weighted by Crippen LogP contribution is 2.38. The Morgan fingerprint density at radius 3 is 2.41 bits per heavy atom. The molecule has 0 amide bonds. The van der Waals surface area contributed by atoms with E-state index in [2.05, 4.69) is 85.2 Å². The summed E-state index contributed by atoms with van der Waals surface area (Å²) in [5.74, 6) is 2.60. The minimum atomic E-state index is -0.514. The molecule has 1 atom stereocenters.